The van der Waals surface area contributed by atoms with Crippen LogP contribution in [-0.2, 0) is 4.74 Å². The standard InChI is InChI=1S/C16H20FNO3/c1-16(2,3)21-15(19)18(20)14-6-4-5-13(14)11-7-9-12(17)10-8-11/h4-5,7-10,13-14,20H,6H2,1-3H3/t13-,14-/m0/s1. The van der Waals surface area contributed by atoms with Gasteiger partial charge in [-0.2, -0.15) is 5.06 Å². The summed E-state index contributed by atoms with van der Waals surface area (Å²) in [6, 6.07) is 5.61. The van der Waals surface area contributed by atoms with Gasteiger partial charge in [0.15, 0.2) is 0 Å². The Hall–Kier alpha value is -1.88. The summed E-state index contributed by atoms with van der Waals surface area (Å²) < 4.78 is 18.2. The summed E-state index contributed by atoms with van der Waals surface area (Å²) in [6.07, 6.45) is 3.55. The summed E-state index contributed by atoms with van der Waals surface area (Å²) in [6.45, 7) is 5.22. The van der Waals surface area contributed by atoms with Crippen molar-refractivity contribution in [1.29, 1.82) is 0 Å². The van der Waals surface area contributed by atoms with Crippen molar-refractivity contribution in [1.82, 2.24) is 5.06 Å². The van der Waals surface area contributed by atoms with Gasteiger partial charge in [-0.3, -0.25) is 5.21 Å². The first-order valence-corrected chi connectivity index (χ1v) is 6.91. The average molecular weight is 293 g/mol. The molecular weight excluding hydrogens is 273 g/mol. The minimum absolute atomic E-state index is 0.178. The molecule has 1 aromatic rings. The van der Waals surface area contributed by atoms with Gasteiger partial charge in [0.2, 0.25) is 0 Å². The van der Waals surface area contributed by atoms with Crippen molar-refractivity contribution in [2.24, 2.45) is 0 Å². The lowest BCUT2D eigenvalue weighted by Gasteiger charge is -2.30. The number of ether oxygens (including phenoxy) is 1. The van der Waals surface area contributed by atoms with Crippen LogP contribution >= 0.6 is 0 Å². The Balaban J connectivity index is 2.12. The Morgan fingerprint density at radius 2 is 1.95 bits per heavy atom. The highest BCUT2D eigenvalue weighted by atomic mass is 19.1. The number of carbonyl (C=O) groups is 1. The normalized spacial score (nSPS) is 21.4. The lowest BCUT2D eigenvalue weighted by Crippen LogP contribution is -2.42. The Labute approximate surface area is 123 Å². The van der Waals surface area contributed by atoms with E-state index in [4.69, 9.17) is 4.74 Å². The summed E-state index contributed by atoms with van der Waals surface area (Å²) >= 11 is 0. The van der Waals surface area contributed by atoms with Crippen molar-refractivity contribution in [3.05, 3.63) is 47.8 Å². The maximum absolute atomic E-state index is 13.0. The van der Waals surface area contributed by atoms with Crippen LogP contribution in [0.4, 0.5) is 9.18 Å². The molecule has 1 aromatic carbocycles. The molecule has 0 bridgehead atoms. The highest BCUT2D eigenvalue weighted by Gasteiger charge is 2.34. The lowest BCUT2D eigenvalue weighted by atomic mass is 9.94. The molecule has 1 aliphatic carbocycles. The minimum atomic E-state index is -0.775. The van der Waals surface area contributed by atoms with Gasteiger partial charge in [0.05, 0.1) is 6.04 Å². The minimum Gasteiger partial charge on any atom is -0.442 e. The topological polar surface area (TPSA) is 49.8 Å². The number of hydrogen-bond acceptors (Lipinski definition) is 3. The van der Waals surface area contributed by atoms with E-state index in [0.29, 0.717) is 11.5 Å². The maximum atomic E-state index is 13.0. The van der Waals surface area contributed by atoms with E-state index < -0.39 is 17.7 Å². The van der Waals surface area contributed by atoms with Gasteiger partial charge in [-0.05, 0) is 44.9 Å². The Bertz CT molecular complexity index is 533. The summed E-state index contributed by atoms with van der Waals surface area (Å²) in [5.41, 5.74) is 0.174. The van der Waals surface area contributed by atoms with Gasteiger partial charge in [-0.15, -0.1) is 0 Å². The fourth-order valence-electron chi connectivity index (χ4n) is 2.35. The second-order valence-electron chi connectivity index (χ2n) is 6.13. The number of hydrogen-bond donors (Lipinski definition) is 1. The van der Waals surface area contributed by atoms with Crippen LogP contribution in [0.25, 0.3) is 0 Å². The van der Waals surface area contributed by atoms with Gasteiger partial charge < -0.3 is 4.74 Å². The number of halogens is 1. The quantitative estimate of drug-likeness (QED) is 0.511. The third-order valence-electron chi connectivity index (χ3n) is 3.29. The van der Waals surface area contributed by atoms with Crippen molar-refractivity contribution < 1.29 is 19.1 Å². The molecule has 2 rings (SSSR count). The van der Waals surface area contributed by atoms with Gasteiger partial charge in [-0.1, -0.05) is 24.3 Å². The molecule has 0 aromatic heterocycles. The molecule has 21 heavy (non-hydrogen) atoms. The zero-order chi connectivity index (χ0) is 15.6. The fourth-order valence-corrected chi connectivity index (χ4v) is 2.35. The molecule has 0 saturated carbocycles. The van der Waals surface area contributed by atoms with Crippen molar-refractivity contribution in [2.45, 2.75) is 44.8 Å². The average Bonchev–Trinajstić information content (AvgIpc) is 2.85. The predicted octanol–water partition coefficient (Wildman–Crippen LogP) is 3.86. The van der Waals surface area contributed by atoms with E-state index in [0.717, 1.165) is 5.56 Å². The molecule has 114 valence electrons. The number of rotatable bonds is 2. The molecule has 4 nitrogen and oxygen atoms in total. The van der Waals surface area contributed by atoms with Crippen molar-refractivity contribution in [3.63, 3.8) is 0 Å². The molecule has 1 aliphatic rings. The van der Waals surface area contributed by atoms with E-state index in [-0.39, 0.29) is 11.7 Å². The van der Waals surface area contributed by atoms with E-state index in [1.165, 1.54) is 12.1 Å². The van der Waals surface area contributed by atoms with Crippen molar-refractivity contribution in [2.75, 3.05) is 0 Å². The monoisotopic (exact) mass is 293 g/mol. The maximum Gasteiger partial charge on any atom is 0.434 e. The van der Waals surface area contributed by atoms with Crippen LogP contribution in [0.1, 0.15) is 38.7 Å². The van der Waals surface area contributed by atoms with Gasteiger partial charge >= 0.3 is 6.09 Å². The molecule has 0 unspecified atom stereocenters. The Morgan fingerprint density at radius 1 is 1.33 bits per heavy atom. The third kappa shape index (κ3) is 3.82. The molecule has 0 saturated heterocycles. The van der Waals surface area contributed by atoms with E-state index in [1.807, 2.05) is 12.2 Å². The molecule has 0 spiro atoms. The molecular formula is C16H20FNO3. The number of amides is 1. The van der Waals surface area contributed by atoms with E-state index in [1.54, 1.807) is 32.9 Å². The van der Waals surface area contributed by atoms with Gasteiger partial charge in [0.25, 0.3) is 0 Å². The second-order valence-corrected chi connectivity index (χ2v) is 6.13. The predicted molar refractivity (Wildman–Crippen MR) is 76.5 cm³/mol. The summed E-state index contributed by atoms with van der Waals surface area (Å²) in [7, 11) is 0. The van der Waals surface area contributed by atoms with Crippen LogP contribution in [0.2, 0.25) is 0 Å². The number of benzene rings is 1. The zero-order valence-electron chi connectivity index (χ0n) is 12.4. The Kier molecular flexibility index (Phi) is 4.32. The molecule has 0 fully saturated rings. The summed E-state index contributed by atoms with van der Waals surface area (Å²) in [4.78, 5) is 11.9. The van der Waals surface area contributed by atoms with Crippen LogP contribution in [0.15, 0.2) is 36.4 Å². The highest BCUT2D eigenvalue weighted by molar-refractivity contribution is 5.67. The number of nitrogens with zero attached hydrogens (tertiary/aromatic N) is 1. The summed E-state index contributed by atoms with van der Waals surface area (Å²) in [5.74, 6) is -0.492. The lowest BCUT2D eigenvalue weighted by molar-refractivity contribution is -0.120. The van der Waals surface area contributed by atoms with Crippen LogP contribution in [0.3, 0.4) is 0 Å². The molecule has 5 heteroatoms. The fraction of sp³-hybridized carbons (Fsp3) is 0.438. The first-order valence-electron chi connectivity index (χ1n) is 6.91. The second kappa shape index (κ2) is 5.85. The molecule has 0 aliphatic heterocycles. The SMILES string of the molecule is CC(C)(C)OC(=O)N(O)[C@H]1CC=C[C@H]1c1ccc(F)cc1. The van der Waals surface area contributed by atoms with Crippen LogP contribution < -0.4 is 0 Å². The van der Waals surface area contributed by atoms with Gasteiger partial charge in [0, 0.05) is 5.92 Å². The molecule has 1 N–H and O–H groups in total. The first kappa shape index (κ1) is 15.5. The number of carbonyl (C=O) groups excluding carboxylic acids is 1. The van der Waals surface area contributed by atoms with E-state index in [2.05, 4.69) is 0 Å². The summed E-state index contributed by atoms with van der Waals surface area (Å²) in [5, 5.41) is 10.8. The number of hydroxylamine groups is 2. The van der Waals surface area contributed by atoms with E-state index in [9.17, 15) is 14.4 Å². The molecule has 0 radical (unpaired) electrons. The van der Waals surface area contributed by atoms with Crippen LogP contribution in [-0.4, -0.2) is 28.0 Å². The Morgan fingerprint density at radius 3 is 2.52 bits per heavy atom. The van der Waals surface area contributed by atoms with Gasteiger partial charge in [0.1, 0.15) is 11.4 Å². The third-order valence-corrected chi connectivity index (χ3v) is 3.29. The zero-order valence-corrected chi connectivity index (χ0v) is 12.4. The smallest absolute Gasteiger partial charge is 0.434 e. The van der Waals surface area contributed by atoms with Crippen molar-refractivity contribution in [3.8, 4) is 0 Å². The largest absolute Gasteiger partial charge is 0.442 e. The van der Waals surface area contributed by atoms with Crippen molar-refractivity contribution >= 4 is 6.09 Å². The molecule has 1 amide bonds. The molecule has 0 heterocycles. The van der Waals surface area contributed by atoms with E-state index >= 15 is 0 Å². The first-order chi connectivity index (χ1) is 9.78. The van der Waals surface area contributed by atoms with Crippen LogP contribution in [0, 0.1) is 5.82 Å². The molecule has 2 atom stereocenters. The van der Waals surface area contributed by atoms with Crippen LogP contribution in [0.5, 0.6) is 0 Å². The van der Waals surface area contributed by atoms with Gasteiger partial charge in [-0.25, -0.2) is 9.18 Å². The highest BCUT2D eigenvalue weighted by Crippen LogP contribution is 2.32.